The zero-order valence-electron chi connectivity index (χ0n) is 20.3. The number of anilines is 1. The number of ether oxygens (including phenoxy) is 1. The average Bonchev–Trinajstić information content (AvgIpc) is 3.13. The number of nitrogens with zero attached hydrogens (tertiary/aromatic N) is 1. The number of carbonyl (C=O) groups is 2. The molecular weight excluding hydrogens is 438 g/mol. The summed E-state index contributed by atoms with van der Waals surface area (Å²) in [6, 6.07) is 18.1. The van der Waals surface area contributed by atoms with Crippen molar-refractivity contribution >= 4 is 23.1 Å². The van der Waals surface area contributed by atoms with Crippen LogP contribution in [0.3, 0.4) is 0 Å². The number of amides is 1. The minimum absolute atomic E-state index is 0.0789. The highest BCUT2D eigenvalue weighted by Gasteiger charge is 2.48. The molecule has 2 aliphatic rings. The first-order chi connectivity index (χ1) is 16.9. The Hall–Kier alpha value is -3.86. The number of hydrogen-bond acceptors (Lipinski definition) is 4. The summed E-state index contributed by atoms with van der Waals surface area (Å²) in [5, 5.41) is 11.5. The molecule has 1 amide bonds. The van der Waals surface area contributed by atoms with Gasteiger partial charge in [0.25, 0.3) is 11.7 Å². The molecule has 0 saturated carbocycles. The smallest absolute Gasteiger partial charge is 0.300 e. The fourth-order valence-electron chi connectivity index (χ4n) is 5.38. The highest BCUT2D eigenvalue weighted by Crippen LogP contribution is 2.45. The lowest BCUT2D eigenvalue weighted by Gasteiger charge is -2.28. The van der Waals surface area contributed by atoms with Gasteiger partial charge in [0.05, 0.1) is 18.7 Å². The van der Waals surface area contributed by atoms with E-state index in [0.717, 1.165) is 36.8 Å². The minimum atomic E-state index is -0.816. The maximum absolute atomic E-state index is 13.5. The van der Waals surface area contributed by atoms with E-state index in [-0.39, 0.29) is 11.3 Å². The summed E-state index contributed by atoms with van der Waals surface area (Å²) in [6.07, 6.45) is 4.24. The molecule has 3 aromatic rings. The Morgan fingerprint density at radius 1 is 0.943 bits per heavy atom. The van der Waals surface area contributed by atoms with E-state index < -0.39 is 17.7 Å². The Labute approximate surface area is 205 Å². The maximum atomic E-state index is 13.5. The van der Waals surface area contributed by atoms with E-state index in [2.05, 4.69) is 0 Å². The van der Waals surface area contributed by atoms with Crippen LogP contribution in [0.25, 0.3) is 5.76 Å². The Kier molecular flexibility index (Phi) is 5.93. The highest BCUT2D eigenvalue weighted by molar-refractivity contribution is 6.51. The van der Waals surface area contributed by atoms with Crippen LogP contribution in [0.5, 0.6) is 5.75 Å². The van der Waals surface area contributed by atoms with Gasteiger partial charge in [-0.1, -0.05) is 48.0 Å². The SMILES string of the molecule is COc1ccccc1C1/C(=C(\O)c2ccc3c(c2)CCCC3)C(=O)C(=O)N1c1ccc(C)cc1C. The third-order valence-electron chi connectivity index (χ3n) is 7.11. The summed E-state index contributed by atoms with van der Waals surface area (Å²) in [5.41, 5.74) is 6.33. The number of ketones is 1. The van der Waals surface area contributed by atoms with Crippen molar-refractivity contribution in [3.05, 3.63) is 99.6 Å². The quantitative estimate of drug-likeness (QED) is 0.298. The average molecular weight is 468 g/mol. The molecule has 1 aliphatic carbocycles. The summed E-state index contributed by atoms with van der Waals surface area (Å²) in [5.74, 6) is -0.964. The number of fused-ring (bicyclic) bond motifs is 1. The summed E-state index contributed by atoms with van der Waals surface area (Å²) in [4.78, 5) is 28.5. The Morgan fingerprint density at radius 3 is 2.43 bits per heavy atom. The van der Waals surface area contributed by atoms with Crippen LogP contribution in [0.4, 0.5) is 5.69 Å². The minimum Gasteiger partial charge on any atom is -0.507 e. The van der Waals surface area contributed by atoms with Gasteiger partial charge >= 0.3 is 0 Å². The predicted octanol–water partition coefficient (Wildman–Crippen LogP) is 5.82. The fraction of sp³-hybridized carbons (Fsp3) is 0.267. The first-order valence-electron chi connectivity index (χ1n) is 12.0. The van der Waals surface area contributed by atoms with E-state index in [0.29, 0.717) is 22.6 Å². The number of methoxy groups -OCH3 is 1. The van der Waals surface area contributed by atoms with E-state index in [1.54, 1.807) is 13.2 Å². The Morgan fingerprint density at radius 2 is 1.69 bits per heavy atom. The molecule has 0 aromatic heterocycles. The lowest BCUT2D eigenvalue weighted by atomic mass is 9.88. The molecule has 5 heteroatoms. The largest absolute Gasteiger partial charge is 0.507 e. The van der Waals surface area contributed by atoms with Crippen molar-refractivity contribution in [3.8, 4) is 5.75 Å². The van der Waals surface area contributed by atoms with E-state index >= 15 is 0 Å². The molecule has 1 unspecified atom stereocenters. The second kappa shape index (κ2) is 9.06. The van der Waals surface area contributed by atoms with E-state index in [9.17, 15) is 14.7 Å². The summed E-state index contributed by atoms with van der Waals surface area (Å²) in [7, 11) is 1.56. The summed E-state index contributed by atoms with van der Waals surface area (Å²) in [6.45, 7) is 3.91. The monoisotopic (exact) mass is 467 g/mol. The van der Waals surface area contributed by atoms with Gasteiger partial charge in [-0.2, -0.15) is 0 Å². The number of para-hydroxylation sites is 1. The van der Waals surface area contributed by atoms with E-state index in [4.69, 9.17) is 4.74 Å². The Balaban J connectivity index is 1.74. The number of aryl methyl sites for hydroxylation is 4. The van der Waals surface area contributed by atoms with Gasteiger partial charge in [0, 0.05) is 16.8 Å². The van der Waals surface area contributed by atoms with Crippen LogP contribution in [0.2, 0.25) is 0 Å². The molecule has 1 fully saturated rings. The molecule has 1 aliphatic heterocycles. The van der Waals surface area contributed by atoms with Gasteiger partial charge in [-0.3, -0.25) is 14.5 Å². The fourth-order valence-corrected chi connectivity index (χ4v) is 5.38. The number of carbonyl (C=O) groups excluding carboxylic acids is 2. The molecule has 0 bridgehead atoms. The zero-order chi connectivity index (χ0) is 24.7. The predicted molar refractivity (Wildman–Crippen MR) is 137 cm³/mol. The van der Waals surface area contributed by atoms with Gasteiger partial charge in [0.1, 0.15) is 11.5 Å². The number of rotatable bonds is 4. The molecule has 5 nitrogen and oxygen atoms in total. The second-order valence-electron chi connectivity index (χ2n) is 9.39. The van der Waals surface area contributed by atoms with Crippen LogP contribution in [0, 0.1) is 13.8 Å². The lowest BCUT2D eigenvalue weighted by Crippen LogP contribution is -2.30. The first-order valence-corrected chi connectivity index (χ1v) is 12.0. The molecule has 1 saturated heterocycles. The third kappa shape index (κ3) is 3.91. The van der Waals surface area contributed by atoms with Crippen LogP contribution in [-0.4, -0.2) is 23.9 Å². The third-order valence-corrected chi connectivity index (χ3v) is 7.11. The van der Waals surface area contributed by atoms with Crippen molar-refractivity contribution in [2.24, 2.45) is 0 Å². The van der Waals surface area contributed by atoms with E-state index in [1.165, 1.54) is 16.0 Å². The second-order valence-corrected chi connectivity index (χ2v) is 9.39. The summed E-state index contributed by atoms with van der Waals surface area (Å²) < 4.78 is 5.62. The topological polar surface area (TPSA) is 66.8 Å². The van der Waals surface area contributed by atoms with Crippen molar-refractivity contribution in [2.45, 2.75) is 45.6 Å². The molecule has 0 spiro atoms. The maximum Gasteiger partial charge on any atom is 0.300 e. The van der Waals surface area contributed by atoms with Gasteiger partial charge in [-0.05, 0) is 74.4 Å². The number of aliphatic hydroxyl groups excluding tert-OH is 1. The molecule has 1 N–H and O–H groups in total. The van der Waals surface area contributed by atoms with Crippen molar-refractivity contribution in [1.82, 2.24) is 0 Å². The molecule has 0 radical (unpaired) electrons. The molecular formula is C30H29NO4. The van der Waals surface area contributed by atoms with Crippen LogP contribution >= 0.6 is 0 Å². The van der Waals surface area contributed by atoms with Crippen molar-refractivity contribution < 1.29 is 19.4 Å². The zero-order valence-corrected chi connectivity index (χ0v) is 20.3. The molecule has 3 aromatic carbocycles. The van der Waals surface area contributed by atoms with Crippen LogP contribution in [0.1, 0.15) is 52.3 Å². The van der Waals surface area contributed by atoms with Gasteiger partial charge in [0.15, 0.2) is 0 Å². The van der Waals surface area contributed by atoms with Crippen LogP contribution < -0.4 is 9.64 Å². The summed E-state index contributed by atoms with van der Waals surface area (Å²) >= 11 is 0. The number of benzene rings is 3. The first kappa shape index (κ1) is 22.9. The molecule has 5 rings (SSSR count). The van der Waals surface area contributed by atoms with Gasteiger partial charge < -0.3 is 9.84 Å². The number of hydrogen-bond donors (Lipinski definition) is 1. The molecule has 178 valence electrons. The van der Waals surface area contributed by atoms with Crippen molar-refractivity contribution in [3.63, 3.8) is 0 Å². The molecule has 1 atom stereocenters. The Bertz CT molecular complexity index is 1370. The van der Waals surface area contributed by atoms with Crippen LogP contribution in [-0.2, 0) is 22.4 Å². The van der Waals surface area contributed by atoms with Crippen molar-refractivity contribution in [1.29, 1.82) is 0 Å². The van der Waals surface area contributed by atoms with E-state index in [1.807, 2.05) is 68.4 Å². The van der Waals surface area contributed by atoms with Crippen LogP contribution in [0.15, 0.2) is 66.2 Å². The molecule has 1 heterocycles. The molecule has 35 heavy (non-hydrogen) atoms. The highest BCUT2D eigenvalue weighted by atomic mass is 16.5. The van der Waals surface area contributed by atoms with Gasteiger partial charge in [0.2, 0.25) is 0 Å². The van der Waals surface area contributed by atoms with Gasteiger partial charge in [-0.25, -0.2) is 0 Å². The van der Waals surface area contributed by atoms with Gasteiger partial charge in [-0.15, -0.1) is 0 Å². The number of aliphatic hydroxyl groups is 1. The standard InChI is InChI=1S/C30H29NO4/c1-18-12-15-24(19(2)16-18)31-27(23-10-6-7-11-25(23)35-3)26(29(33)30(31)34)28(32)22-14-13-20-8-4-5-9-21(20)17-22/h6-7,10-17,27,32H,4-5,8-9H2,1-3H3/b28-26+. The van der Waals surface area contributed by atoms with Crippen molar-refractivity contribution in [2.75, 3.05) is 12.0 Å². The normalized spacial score (nSPS) is 19.1. The lowest BCUT2D eigenvalue weighted by molar-refractivity contribution is -0.132. The number of Topliss-reactive ketones (excluding diaryl/α,β-unsaturated/α-hetero) is 1.